The molecule has 2 aliphatic rings. The fraction of sp³-hybridized carbons (Fsp3) is 0.632. The summed E-state index contributed by atoms with van der Waals surface area (Å²) in [7, 11) is 0. The van der Waals surface area contributed by atoms with Crippen LogP contribution in [-0.2, 0) is 9.53 Å². The molecule has 0 unspecified atom stereocenters. The van der Waals surface area contributed by atoms with Gasteiger partial charge in [0.15, 0.2) is 11.5 Å². The second-order valence-electron chi connectivity index (χ2n) is 6.54. The molecule has 25 heavy (non-hydrogen) atoms. The maximum Gasteiger partial charge on any atom is 0.311 e. The summed E-state index contributed by atoms with van der Waals surface area (Å²) in [5, 5.41) is 0.899. The van der Waals surface area contributed by atoms with E-state index in [0.29, 0.717) is 6.61 Å². The van der Waals surface area contributed by atoms with Crippen molar-refractivity contribution >= 4 is 21.9 Å². The van der Waals surface area contributed by atoms with Crippen LogP contribution >= 0.6 is 15.9 Å². The largest absolute Gasteiger partial charge is 0.466 e. The number of likely N-dealkylation sites (tertiary alicyclic amines) is 1. The molecule has 0 radical (unpaired) electrons. The highest BCUT2D eigenvalue weighted by atomic mass is 79.9. The molecular formula is C19H26BrNO4. The Kier molecular flexibility index (Phi) is 6.23. The lowest BCUT2D eigenvalue weighted by atomic mass is 9.83. The number of halogens is 1. The summed E-state index contributed by atoms with van der Waals surface area (Å²) < 4.78 is 16.4. The van der Waals surface area contributed by atoms with Gasteiger partial charge in [0.2, 0.25) is 6.79 Å². The van der Waals surface area contributed by atoms with Gasteiger partial charge in [-0.05, 0) is 31.0 Å². The van der Waals surface area contributed by atoms with Crippen LogP contribution in [0.4, 0.5) is 0 Å². The average Bonchev–Trinajstić information content (AvgIpc) is 3.20. The zero-order chi connectivity index (χ0) is 17.8. The van der Waals surface area contributed by atoms with E-state index in [1.807, 2.05) is 19.1 Å². The number of alkyl halides is 1. The van der Waals surface area contributed by atoms with Crippen LogP contribution < -0.4 is 9.47 Å². The van der Waals surface area contributed by atoms with Crippen molar-refractivity contribution < 1.29 is 19.0 Å². The van der Waals surface area contributed by atoms with Crippen LogP contribution in [0.15, 0.2) is 18.2 Å². The Morgan fingerprint density at radius 1 is 1.32 bits per heavy atom. The van der Waals surface area contributed by atoms with E-state index < -0.39 is 0 Å². The van der Waals surface area contributed by atoms with Gasteiger partial charge in [-0.1, -0.05) is 35.3 Å². The molecule has 0 amide bonds. The summed E-state index contributed by atoms with van der Waals surface area (Å²) in [6.45, 7) is 6.51. The quantitative estimate of drug-likeness (QED) is 0.506. The molecule has 2 heterocycles. The maximum absolute atomic E-state index is 12.8. The fourth-order valence-electron chi connectivity index (χ4n) is 4.04. The minimum absolute atomic E-state index is 0.0827. The van der Waals surface area contributed by atoms with Crippen molar-refractivity contribution in [3.05, 3.63) is 23.8 Å². The molecule has 138 valence electrons. The molecule has 3 atom stereocenters. The highest BCUT2D eigenvalue weighted by Gasteiger charge is 2.46. The molecule has 0 bridgehead atoms. The third-order valence-electron chi connectivity index (χ3n) is 5.09. The van der Waals surface area contributed by atoms with E-state index in [4.69, 9.17) is 14.2 Å². The number of nitrogens with zero attached hydrogens (tertiary/aromatic N) is 1. The smallest absolute Gasteiger partial charge is 0.311 e. The fourth-order valence-corrected chi connectivity index (χ4v) is 4.49. The lowest BCUT2D eigenvalue weighted by Crippen LogP contribution is -2.37. The molecule has 5 nitrogen and oxygen atoms in total. The van der Waals surface area contributed by atoms with E-state index in [2.05, 4.69) is 33.8 Å². The van der Waals surface area contributed by atoms with Crippen molar-refractivity contribution in [3.8, 4) is 11.5 Å². The molecule has 2 aliphatic heterocycles. The summed E-state index contributed by atoms with van der Waals surface area (Å²) in [4.78, 5) is 15.2. The van der Waals surface area contributed by atoms with Crippen LogP contribution in [0.1, 0.15) is 38.2 Å². The number of esters is 1. The normalized spacial score (nSPS) is 25.3. The Labute approximate surface area is 157 Å². The van der Waals surface area contributed by atoms with Gasteiger partial charge in [0.05, 0.1) is 12.5 Å². The number of benzene rings is 1. The third-order valence-corrected chi connectivity index (χ3v) is 5.44. The third kappa shape index (κ3) is 3.80. The second-order valence-corrected chi connectivity index (χ2v) is 7.33. The van der Waals surface area contributed by atoms with Crippen LogP contribution in [0.2, 0.25) is 0 Å². The summed E-state index contributed by atoms with van der Waals surface area (Å²) in [5.41, 5.74) is 1.13. The molecule has 1 saturated heterocycles. The molecule has 6 heteroatoms. The molecule has 0 aromatic heterocycles. The number of rotatable bonds is 7. The minimum atomic E-state index is -0.140. The van der Waals surface area contributed by atoms with Crippen molar-refractivity contribution in [2.75, 3.05) is 31.8 Å². The van der Waals surface area contributed by atoms with Crippen molar-refractivity contribution in [2.45, 2.75) is 38.6 Å². The van der Waals surface area contributed by atoms with E-state index in [1.54, 1.807) is 0 Å². The monoisotopic (exact) mass is 411 g/mol. The Morgan fingerprint density at radius 3 is 2.84 bits per heavy atom. The number of hydrogen-bond acceptors (Lipinski definition) is 5. The van der Waals surface area contributed by atoms with E-state index in [0.717, 1.165) is 48.3 Å². The molecular weight excluding hydrogens is 386 g/mol. The number of fused-ring (bicyclic) bond motifs is 1. The SMILES string of the molecule is CCC[C@@H]1[C@@H](C(=O)OCC)[C@@H](c2ccc3c(c2)OCO3)CN1CCBr. The van der Waals surface area contributed by atoms with Crippen molar-refractivity contribution in [1.82, 2.24) is 4.90 Å². The maximum atomic E-state index is 12.8. The second kappa shape index (κ2) is 8.41. The molecule has 0 saturated carbocycles. The van der Waals surface area contributed by atoms with Crippen LogP contribution in [0.25, 0.3) is 0 Å². The van der Waals surface area contributed by atoms with Gasteiger partial charge in [0, 0.05) is 30.4 Å². The lowest BCUT2D eigenvalue weighted by molar-refractivity contribution is -0.149. The topological polar surface area (TPSA) is 48.0 Å². The van der Waals surface area contributed by atoms with Gasteiger partial charge >= 0.3 is 5.97 Å². The van der Waals surface area contributed by atoms with Crippen LogP contribution in [-0.4, -0.2) is 48.7 Å². The summed E-state index contributed by atoms with van der Waals surface area (Å²) in [6.07, 6.45) is 2.05. The van der Waals surface area contributed by atoms with Crippen molar-refractivity contribution in [2.24, 2.45) is 5.92 Å². The zero-order valence-corrected chi connectivity index (χ0v) is 16.5. The molecule has 1 aromatic carbocycles. The highest BCUT2D eigenvalue weighted by Crippen LogP contribution is 2.43. The number of hydrogen-bond donors (Lipinski definition) is 0. The standard InChI is InChI=1S/C19H26BrNO4/c1-3-5-15-18(19(22)23-4-2)14(11-21(15)9-8-20)13-6-7-16-17(10-13)25-12-24-16/h6-7,10,14-15,18H,3-5,8-9,11-12H2,1-2H3/t14-,15-,18+/m1/s1. The Hall–Kier alpha value is -1.27. The summed E-state index contributed by atoms with van der Waals surface area (Å²) >= 11 is 3.55. The molecule has 1 aromatic rings. The lowest BCUT2D eigenvalue weighted by Gasteiger charge is -2.26. The molecule has 1 fully saturated rings. The van der Waals surface area contributed by atoms with Gasteiger partial charge in [-0.2, -0.15) is 0 Å². The minimum Gasteiger partial charge on any atom is -0.466 e. The number of ether oxygens (including phenoxy) is 3. The highest BCUT2D eigenvalue weighted by molar-refractivity contribution is 9.09. The Bertz CT molecular complexity index is 609. The van der Waals surface area contributed by atoms with Crippen LogP contribution in [0.3, 0.4) is 0 Å². The summed E-state index contributed by atoms with van der Waals surface area (Å²) in [6, 6.07) is 6.25. The van der Waals surface area contributed by atoms with E-state index in [1.165, 1.54) is 0 Å². The predicted molar refractivity (Wildman–Crippen MR) is 99.5 cm³/mol. The van der Waals surface area contributed by atoms with Gasteiger partial charge in [0.1, 0.15) is 0 Å². The first-order valence-electron chi connectivity index (χ1n) is 9.05. The molecule has 0 aliphatic carbocycles. The first kappa shape index (κ1) is 18.5. The summed E-state index contributed by atoms with van der Waals surface area (Å²) in [5.74, 6) is 1.44. The van der Waals surface area contributed by atoms with Gasteiger partial charge in [-0.25, -0.2) is 0 Å². The molecule has 0 N–H and O–H groups in total. The van der Waals surface area contributed by atoms with Crippen LogP contribution in [0, 0.1) is 5.92 Å². The van der Waals surface area contributed by atoms with E-state index >= 15 is 0 Å². The van der Waals surface area contributed by atoms with Gasteiger partial charge in [-0.3, -0.25) is 9.69 Å². The van der Waals surface area contributed by atoms with E-state index in [-0.39, 0.29) is 30.6 Å². The van der Waals surface area contributed by atoms with Gasteiger partial charge in [-0.15, -0.1) is 0 Å². The Balaban J connectivity index is 1.92. The number of carbonyl (C=O) groups is 1. The van der Waals surface area contributed by atoms with Crippen LogP contribution in [0.5, 0.6) is 11.5 Å². The van der Waals surface area contributed by atoms with Gasteiger partial charge < -0.3 is 14.2 Å². The first-order valence-corrected chi connectivity index (χ1v) is 10.2. The molecule has 0 spiro atoms. The van der Waals surface area contributed by atoms with E-state index in [9.17, 15) is 4.79 Å². The average molecular weight is 412 g/mol. The number of carbonyl (C=O) groups excluding carboxylic acids is 1. The first-order chi connectivity index (χ1) is 12.2. The van der Waals surface area contributed by atoms with Gasteiger partial charge in [0.25, 0.3) is 0 Å². The Morgan fingerprint density at radius 2 is 2.12 bits per heavy atom. The van der Waals surface area contributed by atoms with Crippen molar-refractivity contribution in [3.63, 3.8) is 0 Å². The predicted octanol–water partition coefficient (Wildman–Crippen LogP) is 3.56. The molecule has 3 rings (SSSR count). The zero-order valence-electron chi connectivity index (χ0n) is 14.9. The van der Waals surface area contributed by atoms with Crippen molar-refractivity contribution in [1.29, 1.82) is 0 Å².